The minimum Gasteiger partial charge on any atom is -0.306 e. The van der Waals surface area contributed by atoms with Crippen LogP contribution in [0.15, 0.2) is 47.5 Å². The number of likely N-dealkylation sites (tertiary alicyclic amines) is 1. The lowest BCUT2D eigenvalue weighted by atomic mass is 9.96. The predicted molar refractivity (Wildman–Crippen MR) is 103 cm³/mol. The van der Waals surface area contributed by atoms with E-state index in [0.29, 0.717) is 11.9 Å². The number of nitrogens with one attached hydrogen (secondary N) is 1. The molecule has 1 N–H and O–H groups in total. The number of rotatable bonds is 4. The molecule has 1 aliphatic heterocycles. The highest BCUT2D eigenvalue weighted by molar-refractivity contribution is 5.60. The third-order valence-electron chi connectivity index (χ3n) is 5.69. The molecule has 1 aromatic carbocycles. The minimum atomic E-state index is 0.0344. The second-order valence-corrected chi connectivity index (χ2v) is 7.54. The van der Waals surface area contributed by atoms with Crippen LogP contribution in [0.25, 0.3) is 11.4 Å². The monoisotopic (exact) mass is 361 g/mol. The zero-order chi connectivity index (χ0) is 18.2. The molecule has 2 aliphatic rings. The van der Waals surface area contributed by atoms with Crippen LogP contribution in [0.4, 0.5) is 0 Å². The molecule has 0 bridgehead atoms. The average Bonchev–Trinajstić information content (AvgIpc) is 3.19. The van der Waals surface area contributed by atoms with Crippen molar-refractivity contribution in [2.75, 3.05) is 13.1 Å². The highest BCUT2D eigenvalue weighted by Crippen LogP contribution is 2.27. The maximum atomic E-state index is 12.5. The number of aryl methyl sites for hydroxylation is 1. The van der Waals surface area contributed by atoms with Crippen LogP contribution in [0, 0.1) is 0 Å². The van der Waals surface area contributed by atoms with Crippen molar-refractivity contribution in [1.29, 1.82) is 0 Å². The van der Waals surface area contributed by atoms with Crippen molar-refractivity contribution in [2.24, 2.45) is 0 Å². The molecule has 6 heteroatoms. The molecule has 1 aliphatic carbocycles. The predicted octanol–water partition coefficient (Wildman–Crippen LogP) is 2.57. The van der Waals surface area contributed by atoms with Gasteiger partial charge in [-0.3, -0.25) is 14.4 Å². The number of aromatic nitrogens is 4. The van der Waals surface area contributed by atoms with Gasteiger partial charge in [-0.25, -0.2) is 4.98 Å². The van der Waals surface area contributed by atoms with E-state index in [0.717, 1.165) is 62.1 Å². The van der Waals surface area contributed by atoms with Gasteiger partial charge in [0.15, 0.2) is 0 Å². The Bertz CT molecular complexity index is 1000. The molecule has 3 heterocycles. The van der Waals surface area contributed by atoms with Crippen LogP contribution in [0.1, 0.15) is 35.7 Å². The lowest BCUT2D eigenvalue weighted by Crippen LogP contribution is -2.47. The Morgan fingerprint density at radius 2 is 1.96 bits per heavy atom. The van der Waals surface area contributed by atoms with E-state index in [1.807, 2.05) is 29.2 Å². The number of hydrogen-bond donors (Lipinski definition) is 1. The summed E-state index contributed by atoms with van der Waals surface area (Å²) in [4.78, 5) is 22.8. The van der Waals surface area contributed by atoms with E-state index in [4.69, 9.17) is 4.98 Å². The smallest absolute Gasteiger partial charge is 0.254 e. The zero-order valence-corrected chi connectivity index (χ0v) is 15.3. The van der Waals surface area contributed by atoms with Crippen molar-refractivity contribution in [2.45, 2.75) is 38.3 Å². The van der Waals surface area contributed by atoms with Gasteiger partial charge in [-0.1, -0.05) is 24.3 Å². The molecule has 2 aromatic heterocycles. The van der Waals surface area contributed by atoms with Gasteiger partial charge < -0.3 is 4.98 Å². The van der Waals surface area contributed by atoms with Crippen molar-refractivity contribution in [1.82, 2.24) is 24.6 Å². The fraction of sp³-hybridized carbons (Fsp3) is 0.381. The summed E-state index contributed by atoms with van der Waals surface area (Å²) >= 11 is 0. The quantitative estimate of drug-likeness (QED) is 0.776. The highest BCUT2D eigenvalue weighted by atomic mass is 16.1. The summed E-state index contributed by atoms with van der Waals surface area (Å²) in [5, 5.41) is 4.34. The van der Waals surface area contributed by atoms with E-state index in [1.54, 1.807) is 0 Å². The number of benzene rings is 1. The lowest BCUT2D eigenvalue weighted by Gasteiger charge is -2.39. The molecular weight excluding hydrogens is 338 g/mol. The number of hydrogen-bond acceptors (Lipinski definition) is 4. The fourth-order valence-electron chi connectivity index (χ4n) is 4.20. The molecule has 0 radical (unpaired) electrons. The van der Waals surface area contributed by atoms with Gasteiger partial charge in [0, 0.05) is 43.2 Å². The molecule has 3 aromatic rings. The first-order valence-corrected chi connectivity index (χ1v) is 9.70. The molecule has 0 atom stereocenters. The highest BCUT2D eigenvalue weighted by Gasteiger charge is 2.29. The maximum absolute atomic E-state index is 12.5. The number of aromatic amines is 1. The van der Waals surface area contributed by atoms with E-state index >= 15 is 0 Å². The molecule has 1 saturated heterocycles. The first-order valence-electron chi connectivity index (χ1n) is 9.70. The molecule has 138 valence electrons. The second kappa shape index (κ2) is 6.78. The summed E-state index contributed by atoms with van der Waals surface area (Å²) in [6.45, 7) is 2.84. The molecule has 1 fully saturated rings. The van der Waals surface area contributed by atoms with E-state index in [2.05, 4.69) is 33.2 Å². The SMILES string of the molecule is O=c1[nH]c(-c2ccccc2CN2CC(n3cccn3)C2)nc2c1CCCC2. The van der Waals surface area contributed by atoms with Crippen LogP contribution < -0.4 is 5.56 Å². The largest absolute Gasteiger partial charge is 0.306 e. The maximum Gasteiger partial charge on any atom is 0.254 e. The topological polar surface area (TPSA) is 66.8 Å². The van der Waals surface area contributed by atoms with E-state index < -0.39 is 0 Å². The van der Waals surface area contributed by atoms with Crippen molar-refractivity contribution in [3.63, 3.8) is 0 Å². The third kappa shape index (κ3) is 3.10. The third-order valence-corrected chi connectivity index (χ3v) is 5.69. The first-order chi connectivity index (χ1) is 13.3. The normalized spacial score (nSPS) is 17.5. The van der Waals surface area contributed by atoms with Gasteiger partial charge in [0.05, 0.1) is 11.7 Å². The molecule has 6 nitrogen and oxygen atoms in total. The summed E-state index contributed by atoms with van der Waals surface area (Å²) in [6, 6.07) is 10.7. The summed E-state index contributed by atoms with van der Waals surface area (Å²) in [5.41, 5.74) is 4.14. The summed E-state index contributed by atoms with van der Waals surface area (Å²) in [7, 11) is 0. The standard InChI is InChI=1S/C21H23N5O/c27-21-18-8-3-4-9-19(18)23-20(24-21)17-7-2-1-6-15(17)12-25-13-16(14-25)26-11-5-10-22-26/h1-2,5-7,10-11,16H,3-4,8-9,12-14H2,(H,23,24,27). The number of fused-ring (bicyclic) bond motifs is 1. The average molecular weight is 361 g/mol. The Kier molecular flexibility index (Phi) is 4.13. The van der Waals surface area contributed by atoms with Crippen molar-refractivity contribution >= 4 is 0 Å². The number of H-pyrrole nitrogens is 1. The summed E-state index contributed by atoms with van der Waals surface area (Å²) < 4.78 is 2.03. The summed E-state index contributed by atoms with van der Waals surface area (Å²) in [6.07, 6.45) is 7.81. The van der Waals surface area contributed by atoms with Gasteiger partial charge in [0.1, 0.15) is 5.82 Å². The molecule has 0 amide bonds. The van der Waals surface area contributed by atoms with Gasteiger partial charge in [-0.2, -0.15) is 5.10 Å². The van der Waals surface area contributed by atoms with Crippen LogP contribution in [0.2, 0.25) is 0 Å². The molecular formula is C21H23N5O. The Morgan fingerprint density at radius 3 is 2.81 bits per heavy atom. The Balaban J connectivity index is 1.39. The van der Waals surface area contributed by atoms with Gasteiger partial charge >= 0.3 is 0 Å². The van der Waals surface area contributed by atoms with Gasteiger partial charge in [-0.05, 0) is 37.3 Å². The van der Waals surface area contributed by atoms with E-state index in [9.17, 15) is 4.79 Å². The molecule has 27 heavy (non-hydrogen) atoms. The molecule has 0 unspecified atom stereocenters. The van der Waals surface area contributed by atoms with E-state index in [-0.39, 0.29) is 5.56 Å². The number of nitrogens with zero attached hydrogens (tertiary/aromatic N) is 4. The Morgan fingerprint density at radius 1 is 1.11 bits per heavy atom. The van der Waals surface area contributed by atoms with Crippen LogP contribution >= 0.6 is 0 Å². The van der Waals surface area contributed by atoms with Crippen molar-refractivity contribution in [3.8, 4) is 11.4 Å². The van der Waals surface area contributed by atoms with Gasteiger partial charge in [0.25, 0.3) is 5.56 Å². The van der Waals surface area contributed by atoms with Crippen LogP contribution in [0.5, 0.6) is 0 Å². The lowest BCUT2D eigenvalue weighted by molar-refractivity contribution is 0.0910. The summed E-state index contributed by atoms with van der Waals surface area (Å²) in [5.74, 6) is 0.709. The van der Waals surface area contributed by atoms with Crippen LogP contribution in [-0.2, 0) is 19.4 Å². The second-order valence-electron chi connectivity index (χ2n) is 7.54. The van der Waals surface area contributed by atoms with Crippen LogP contribution in [-0.4, -0.2) is 37.7 Å². The molecule has 5 rings (SSSR count). The molecule has 0 saturated carbocycles. The Labute approximate surface area is 157 Å². The van der Waals surface area contributed by atoms with Crippen LogP contribution in [0.3, 0.4) is 0 Å². The Hall–Kier alpha value is -2.73. The van der Waals surface area contributed by atoms with Crippen molar-refractivity contribution < 1.29 is 0 Å². The fourth-order valence-corrected chi connectivity index (χ4v) is 4.20. The van der Waals surface area contributed by atoms with Gasteiger partial charge in [-0.15, -0.1) is 0 Å². The zero-order valence-electron chi connectivity index (χ0n) is 15.3. The first kappa shape index (κ1) is 16.4. The van der Waals surface area contributed by atoms with Gasteiger partial charge in [0.2, 0.25) is 0 Å². The van der Waals surface area contributed by atoms with Crippen molar-refractivity contribution in [3.05, 3.63) is 69.9 Å². The molecule has 0 spiro atoms. The van der Waals surface area contributed by atoms with E-state index in [1.165, 1.54) is 5.56 Å². The minimum absolute atomic E-state index is 0.0344.